The fourth-order valence-corrected chi connectivity index (χ4v) is 6.46. The maximum Gasteiger partial charge on any atom is 0.153 e. The van der Waals surface area contributed by atoms with Crippen LogP contribution in [0.2, 0.25) is 0 Å². The quantitative estimate of drug-likeness (QED) is 0.281. The minimum atomic E-state index is 0.426. The first-order valence-electron chi connectivity index (χ1n) is 16.0. The van der Waals surface area contributed by atoms with Crippen molar-refractivity contribution in [3.8, 4) is 0 Å². The molecule has 4 N–H and O–H groups in total. The zero-order valence-electron chi connectivity index (χ0n) is 26.7. The van der Waals surface area contributed by atoms with E-state index in [1.165, 1.54) is 18.2 Å². The number of nitrogens with two attached hydrogens (primary N) is 2. The summed E-state index contributed by atoms with van der Waals surface area (Å²) in [5, 5.41) is 0. The van der Waals surface area contributed by atoms with Gasteiger partial charge in [-0.15, -0.1) is 0 Å². The van der Waals surface area contributed by atoms with Gasteiger partial charge >= 0.3 is 0 Å². The number of pyridine rings is 3. The third-order valence-electron chi connectivity index (χ3n) is 9.09. The molecule has 2 saturated heterocycles. The molecule has 2 aliphatic heterocycles. The van der Waals surface area contributed by atoms with Crippen molar-refractivity contribution < 1.29 is 0 Å². The molecule has 13 nitrogen and oxygen atoms in total. The highest BCUT2D eigenvalue weighted by atomic mass is 15.2. The van der Waals surface area contributed by atoms with Gasteiger partial charge in [0.1, 0.15) is 41.1 Å². The zero-order chi connectivity index (χ0) is 32.3. The van der Waals surface area contributed by atoms with E-state index in [1.54, 1.807) is 0 Å². The van der Waals surface area contributed by atoms with E-state index in [0.717, 1.165) is 86.0 Å². The second-order valence-electron chi connectivity index (χ2n) is 12.4. The molecular formula is C34H39N13. The van der Waals surface area contributed by atoms with Crippen molar-refractivity contribution in [2.24, 2.45) is 13.0 Å². The van der Waals surface area contributed by atoms with Crippen LogP contribution < -0.4 is 21.3 Å². The number of hydrogen-bond donors (Lipinski definition) is 2. The molecule has 0 aliphatic carbocycles. The van der Waals surface area contributed by atoms with Crippen LogP contribution in [0.4, 0.5) is 23.3 Å². The van der Waals surface area contributed by atoms with E-state index in [2.05, 4.69) is 68.3 Å². The van der Waals surface area contributed by atoms with Gasteiger partial charge in [-0.3, -0.25) is 4.98 Å². The summed E-state index contributed by atoms with van der Waals surface area (Å²) < 4.78 is 2.09. The molecule has 2 unspecified atom stereocenters. The van der Waals surface area contributed by atoms with E-state index < -0.39 is 0 Å². The lowest BCUT2D eigenvalue weighted by molar-refractivity contribution is 0.499. The third-order valence-corrected chi connectivity index (χ3v) is 9.09. The smallest absolute Gasteiger partial charge is 0.153 e. The third kappa shape index (κ3) is 6.60. The van der Waals surface area contributed by atoms with Gasteiger partial charge in [0.05, 0.1) is 11.0 Å². The van der Waals surface area contributed by atoms with Gasteiger partial charge in [0, 0.05) is 69.8 Å². The van der Waals surface area contributed by atoms with Crippen molar-refractivity contribution in [2.75, 3.05) is 47.4 Å². The van der Waals surface area contributed by atoms with Crippen LogP contribution >= 0.6 is 0 Å². The first-order valence-corrected chi connectivity index (χ1v) is 16.0. The van der Waals surface area contributed by atoms with Crippen molar-refractivity contribution in [3.63, 3.8) is 0 Å². The first kappa shape index (κ1) is 30.2. The van der Waals surface area contributed by atoms with Gasteiger partial charge in [0.25, 0.3) is 0 Å². The molecule has 2 atom stereocenters. The molecule has 2 fully saturated rings. The van der Waals surface area contributed by atoms with E-state index in [4.69, 9.17) is 16.5 Å². The molecule has 0 spiro atoms. The second kappa shape index (κ2) is 13.1. The highest BCUT2D eigenvalue weighted by Gasteiger charge is 2.26. The van der Waals surface area contributed by atoms with Gasteiger partial charge in [0.2, 0.25) is 0 Å². The van der Waals surface area contributed by atoms with Gasteiger partial charge in [-0.2, -0.15) is 0 Å². The molecule has 240 valence electrons. The maximum absolute atomic E-state index is 5.95. The summed E-state index contributed by atoms with van der Waals surface area (Å²) >= 11 is 0. The largest absolute Gasteiger partial charge is 0.382 e. The van der Waals surface area contributed by atoms with E-state index in [0.29, 0.717) is 34.5 Å². The van der Waals surface area contributed by atoms with Crippen LogP contribution in [0.25, 0.3) is 22.1 Å². The summed E-state index contributed by atoms with van der Waals surface area (Å²) in [4.78, 5) is 39.5. The lowest BCUT2D eigenvalue weighted by atomic mass is 9.94. The fraction of sp³-hybridized carbons (Fsp3) is 0.353. The lowest BCUT2D eigenvalue weighted by Crippen LogP contribution is -2.35. The Labute approximate surface area is 273 Å². The van der Waals surface area contributed by atoms with Crippen molar-refractivity contribution >= 4 is 45.3 Å². The van der Waals surface area contributed by atoms with Gasteiger partial charge in [-0.25, -0.2) is 34.9 Å². The molecule has 0 saturated carbocycles. The minimum Gasteiger partial charge on any atom is -0.382 e. The average Bonchev–Trinajstić information content (AvgIpc) is 3.74. The molecule has 0 bridgehead atoms. The Bertz CT molecular complexity index is 1990. The van der Waals surface area contributed by atoms with E-state index in [-0.39, 0.29) is 0 Å². The maximum atomic E-state index is 5.95. The number of anilines is 4. The number of nitrogens with zero attached hydrogens (tertiary/aromatic N) is 11. The summed E-state index contributed by atoms with van der Waals surface area (Å²) in [6, 6.07) is 12.2. The normalized spacial score (nSPS) is 18.0. The SMILES string of the molecule is Cc1ccc(C2CCCN(c3ccc4ncnc(N)c4n3)C2)nc1.Cn1ccnc1CC1CCN(c2ccc3ncnc(N)c3n2)C1. The second-order valence-corrected chi connectivity index (χ2v) is 12.4. The van der Waals surface area contributed by atoms with Gasteiger partial charge in [-0.1, -0.05) is 6.07 Å². The summed E-state index contributed by atoms with van der Waals surface area (Å²) in [7, 11) is 2.04. The van der Waals surface area contributed by atoms with E-state index in [1.807, 2.05) is 49.9 Å². The van der Waals surface area contributed by atoms with Crippen molar-refractivity contribution in [1.29, 1.82) is 0 Å². The number of hydrogen-bond acceptors (Lipinski definition) is 12. The van der Waals surface area contributed by atoms with Crippen LogP contribution in [-0.4, -0.2) is 70.6 Å². The summed E-state index contributed by atoms with van der Waals surface area (Å²) in [6.07, 6.45) is 13.2. The molecule has 13 heteroatoms. The van der Waals surface area contributed by atoms with E-state index >= 15 is 0 Å². The molecular weight excluding hydrogens is 590 g/mol. The molecule has 2 aliphatic rings. The molecule has 8 heterocycles. The Hall–Kier alpha value is -5.46. The average molecular weight is 630 g/mol. The molecule has 0 aromatic carbocycles. The lowest BCUT2D eigenvalue weighted by Gasteiger charge is -2.33. The van der Waals surface area contributed by atoms with E-state index in [9.17, 15) is 0 Å². The predicted molar refractivity (Wildman–Crippen MR) is 184 cm³/mol. The molecule has 47 heavy (non-hydrogen) atoms. The van der Waals surface area contributed by atoms with Crippen LogP contribution in [-0.2, 0) is 13.5 Å². The van der Waals surface area contributed by atoms with Crippen LogP contribution in [0.3, 0.4) is 0 Å². The standard InChI is InChI=1S/C18H20N6.C16H19N7/c1-12-4-5-14(20-9-12)13-3-2-8-24(10-13)16-7-6-15-17(23-16)18(19)22-11-21-15;1-22-7-5-18-14(22)8-11-4-6-23(9-11)13-3-2-12-15(21-13)16(17)20-10-19-12/h4-7,9,11,13H,2-3,8,10H2,1H3,(H2,19,21,22);2-3,5,7,10-11H,4,6,8-9H2,1H3,(H2,17,19,20). The Kier molecular flexibility index (Phi) is 8.42. The monoisotopic (exact) mass is 629 g/mol. The number of piperidine rings is 1. The Morgan fingerprint density at radius 3 is 2.04 bits per heavy atom. The number of nitrogen functional groups attached to an aromatic ring is 2. The summed E-state index contributed by atoms with van der Waals surface area (Å²) in [6.45, 7) is 5.96. The molecule has 6 aromatic rings. The fourth-order valence-electron chi connectivity index (χ4n) is 6.46. The van der Waals surface area contributed by atoms with Crippen molar-refractivity contribution in [2.45, 2.75) is 38.5 Å². The topological polar surface area (TPSA) is 167 Å². The van der Waals surface area contributed by atoms with Gasteiger partial charge in [0.15, 0.2) is 11.6 Å². The first-order chi connectivity index (χ1) is 22.9. The van der Waals surface area contributed by atoms with Crippen molar-refractivity contribution in [3.05, 3.63) is 84.7 Å². The summed E-state index contributed by atoms with van der Waals surface area (Å²) in [5.74, 6) is 4.90. The number of fused-ring (bicyclic) bond motifs is 2. The number of imidazole rings is 1. The minimum absolute atomic E-state index is 0.426. The summed E-state index contributed by atoms with van der Waals surface area (Å²) in [5.41, 5.74) is 17.1. The van der Waals surface area contributed by atoms with Crippen LogP contribution in [0.15, 0.2) is 67.6 Å². The Balaban J connectivity index is 0.000000150. The molecule has 0 radical (unpaired) electrons. The van der Waals surface area contributed by atoms with Gasteiger partial charge < -0.3 is 25.8 Å². The Morgan fingerprint density at radius 2 is 1.43 bits per heavy atom. The highest BCUT2D eigenvalue weighted by Crippen LogP contribution is 2.30. The molecule has 0 amide bonds. The molecule has 6 aromatic heterocycles. The molecule has 8 rings (SSSR count). The Morgan fingerprint density at radius 1 is 0.745 bits per heavy atom. The van der Waals surface area contributed by atoms with Crippen LogP contribution in [0, 0.1) is 12.8 Å². The zero-order valence-corrected chi connectivity index (χ0v) is 26.7. The van der Waals surface area contributed by atoms with Crippen LogP contribution in [0.1, 0.15) is 42.3 Å². The number of aromatic nitrogens is 9. The van der Waals surface area contributed by atoms with Crippen molar-refractivity contribution in [1.82, 2.24) is 44.4 Å². The number of aryl methyl sites for hydroxylation is 2. The highest BCUT2D eigenvalue weighted by molar-refractivity contribution is 5.85. The van der Waals surface area contributed by atoms with Gasteiger partial charge in [-0.05, 0) is 68.0 Å². The van der Waals surface area contributed by atoms with Crippen LogP contribution in [0.5, 0.6) is 0 Å². The number of rotatable bonds is 5. The predicted octanol–water partition coefficient (Wildman–Crippen LogP) is 4.10.